The Labute approximate surface area is 167 Å². The molecule has 1 heterocycles. The summed E-state index contributed by atoms with van der Waals surface area (Å²) in [7, 11) is 0. The summed E-state index contributed by atoms with van der Waals surface area (Å²) in [6.45, 7) is 0.116. The molecule has 28 heavy (non-hydrogen) atoms. The minimum Gasteiger partial charge on any atom is -0.346 e. The van der Waals surface area contributed by atoms with Gasteiger partial charge in [-0.25, -0.2) is 5.43 Å². The zero-order chi connectivity index (χ0) is 19.8. The van der Waals surface area contributed by atoms with Crippen LogP contribution < -0.4 is 10.7 Å². The average molecular weight is 393 g/mol. The Bertz CT molecular complexity index is 992. The van der Waals surface area contributed by atoms with Gasteiger partial charge < -0.3 is 5.32 Å². The fourth-order valence-corrected chi connectivity index (χ4v) is 2.65. The van der Waals surface area contributed by atoms with E-state index in [0.29, 0.717) is 21.9 Å². The lowest BCUT2D eigenvalue weighted by Gasteiger charge is -2.10. The smallest absolute Gasteiger partial charge is 0.271 e. The summed E-state index contributed by atoms with van der Waals surface area (Å²) in [6.07, 6.45) is 3.06. The van der Waals surface area contributed by atoms with E-state index in [4.69, 9.17) is 11.6 Å². The Hall–Kier alpha value is -3.51. The fraction of sp³-hybridized carbons (Fsp3) is 0.0476. The molecule has 0 unspecified atom stereocenters. The Kier molecular flexibility index (Phi) is 6.49. The molecule has 0 spiro atoms. The normalized spacial score (nSPS) is 11.0. The molecule has 0 bridgehead atoms. The van der Waals surface area contributed by atoms with Crippen LogP contribution in [-0.2, 0) is 0 Å². The van der Waals surface area contributed by atoms with Crippen LogP contribution >= 0.6 is 11.6 Å². The van der Waals surface area contributed by atoms with E-state index in [1.54, 1.807) is 36.4 Å². The lowest BCUT2D eigenvalue weighted by Crippen LogP contribution is -2.32. The third kappa shape index (κ3) is 5.02. The van der Waals surface area contributed by atoms with Crippen LogP contribution in [-0.4, -0.2) is 29.1 Å². The molecule has 2 amide bonds. The summed E-state index contributed by atoms with van der Waals surface area (Å²) in [5.41, 5.74) is 4.60. The van der Waals surface area contributed by atoms with E-state index in [1.807, 2.05) is 30.3 Å². The van der Waals surface area contributed by atoms with Crippen LogP contribution in [0.15, 0.2) is 84.2 Å². The van der Waals surface area contributed by atoms with Crippen LogP contribution in [0.1, 0.15) is 26.3 Å². The maximum atomic E-state index is 12.4. The fourth-order valence-electron chi connectivity index (χ4n) is 2.43. The van der Waals surface area contributed by atoms with Crippen molar-refractivity contribution in [2.24, 2.45) is 5.10 Å². The van der Waals surface area contributed by atoms with Crippen LogP contribution in [0.4, 0.5) is 0 Å². The topological polar surface area (TPSA) is 83.5 Å². The highest BCUT2D eigenvalue weighted by atomic mass is 35.5. The standard InChI is InChI=1S/C21H17ClN4O2/c22-18-9-5-4-8-17(18)21(28)24-14-19(15-6-2-1-3-7-15)25-26-20(27)16-10-12-23-13-11-16/h1-13H,14H2,(H,24,28)(H,26,27)/b25-19-. The largest absolute Gasteiger partial charge is 0.346 e. The van der Waals surface area contributed by atoms with Crippen molar-refractivity contribution in [2.45, 2.75) is 0 Å². The molecule has 6 nitrogen and oxygen atoms in total. The number of hydrogen-bond donors (Lipinski definition) is 2. The number of pyridine rings is 1. The SMILES string of the molecule is O=C(N/N=C(/CNC(=O)c1ccccc1Cl)c1ccccc1)c1ccncc1. The Morgan fingerprint density at radius 2 is 1.54 bits per heavy atom. The van der Waals surface area contributed by atoms with Gasteiger partial charge in [-0.2, -0.15) is 5.10 Å². The van der Waals surface area contributed by atoms with E-state index in [9.17, 15) is 9.59 Å². The molecule has 3 aromatic rings. The lowest BCUT2D eigenvalue weighted by atomic mass is 10.1. The third-order valence-corrected chi connectivity index (χ3v) is 4.21. The molecule has 0 saturated heterocycles. The second-order valence-electron chi connectivity index (χ2n) is 5.76. The summed E-state index contributed by atoms with van der Waals surface area (Å²) >= 11 is 6.07. The van der Waals surface area contributed by atoms with Gasteiger partial charge in [-0.1, -0.05) is 54.1 Å². The number of hydrogen-bond acceptors (Lipinski definition) is 4. The van der Waals surface area contributed by atoms with E-state index >= 15 is 0 Å². The Morgan fingerprint density at radius 3 is 2.25 bits per heavy atom. The summed E-state index contributed by atoms with van der Waals surface area (Å²) in [4.78, 5) is 28.5. The maximum absolute atomic E-state index is 12.4. The number of nitrogens with zero attached hydrogens (tertiary/aromatic N) is 2. The number of nitrogens with one attached hydrogen (secondary N) is 2. The molecule has 0 atom stereocenters. The van der Waals surface area contributed by atoms with Crippen molar-refractivity contribution in [3.63, 3.8) is 0 Å². The molecule has 140 valence electrons. The average Bonchev–Trinajstić information content (AvgIpc) is 2.75. The molecule has 0 aliphatic rings. The summed E-state index contributed by atoms with van der Waals surface area (Å²) in [5, 5.41) is 7.36. The molecular weight excluding hydrogens is 376 g/mol. The van der Waals surface area contributed by atoms with E-state index in [2.05, 4.69) is 20.8 Å². The molecule has 0 aliphatic carbocycles. The molecular formula is C21H17ClN4O2. The van der Waals surface area contributed by atoms with Crippen LogP contribution in [0.3, 0.4) is 0 Å². The minimum absolute atomic E-state index is 0.116. The van der Waals surface area contributed by atoms with Crippen molar-refractivity contribution in [3.8, 4) is 0 Å². The van der Waals surface area contributed by atoms with Crippen LogP contribution in [0.25, 0.3) is 0 Å². The number of benzene rings is 2. The molecule has 0 saturated carbocycles. The Balaban J connectivity index is 1.75. The Morgan fingerprint density at radius 1 is 0.857 bits per heavy atom. The predicted octanol–water partition coefficient (Wildman–Crippen LogP) is 3.30. The second-order valence-corrected chi connectivity index (χ2v) is 6.17. The monoisotopic (exact) mass is 392 g/mol. The van der Waals surface area contributed by atoms with Gasteiger partial charge in [0.2, 0.25) is 0 Å². The predicted molar refractivity (Wildman–Crippen MR) is 108 cm³/mol. The molecule has 3 rings (SSSR count). The number of aromatic nitrogens is 1. The van der Waals surface area contributed by atoms with E-state index in [-0.39, 0.29) is 18.4 Å². The number of carbonyl (C=O) groups excluding carboxylic acids is 2. The van der Waals surface area contributed by atoms with E-state index < -0.39 is 0 Å². The van der Waals surface area contributed by atoms with Crippen molar-refractivity contribution in [3.05, 3.63) is 101 Å². The molecule has 1 aromatic heterocycles. The summed E-state index contributed by atoms with van der Waals surface area (Å²) in [6, 6.07) is 19.2. The molecule has 2 aromatic carbocycles. The van der Waals surface area contributed by atoms with Crippen LogP contribution in [0.2, 0.25) is 5.02 Å². The third-order valence-electron chi connectivity index (χ3n) is 3.88. The van der Waals surface area contributed by atoms with Gasteiger partial charge >= 0.3 is 0 Å². The van der Waals surface area contributed by atoms with Gasteiger partial charge in [0.15, 0.2) is 0 Å². The number of hydrazone groups is 1. The summed E-state index contributed by atoms with van der Waals surface area (Å²) < 4.78 is 0. The highest BCUT2D eigenvalue weighted by molar-refractivity contribution is 6.33. The van der Waals surface area contributed by atoms with Crippen LogP contribution in [0.5, 0.6) is 0 Å². The van der Waals surface area contributed by atoms with E-state index in [1.165, 1.54) is 12.4 Å². The van der Waals surface area contributed by atoms with Gasteiger partial charge in [-0.15, -0.1) is 0 Å². The first-order chi connectivity index (χ1) is 13.6. The number of halogens is 1. The molecule has 0 fully saturated rings. The minimum atomic E-state index is -0.367. The first kappa shape index (κ1) is 19.3. The van der Waals surface area contributed by atoms with Gasteiger partial charge in [-0.05, 0) is 29.8 Å². The first-order valence-electron chi connectivity index (χ1n) is 8.50. The van der Waals surface area contributed by atoms with Gasteiger partial charge in [0.05, 0.1) is 22.8 Å². The van der Waals surface area contributed by atoms with Crippen molar-refractivity contribution >= 4 is 29.1 Å². The maximum Gasteiger partial charge on any atom is 0.271 e. The molecule has 0 aliphatic heterocycles. The highest BCUT2D eigenvalue weighted by Crippen LogP contribution is 2.14. The zero-order valence-corrected chi connectivity index (χ0v) is 15.6. The van der Waals surface area contributed by atoms with Gasteiger partial charge in [0.25, 0.3) is 11.8 Å². The summed E-state index contributed by atoms with van der Waals surface area (Å²) in [5.74, 6) is -0.692. The van der Waals surface area contributed by atoms with Gasteiger partial charge in [0.1, 0.15) is 0 Å². The second kappa shape index (κ2) is 9.43. The van der Waals surface area contributed by atoms with E-state index in [0.717, 1.165) is 5.56 Å². The van der Waals surface area contributed by atoms with Crippen molar-refractivity contribution in [2.75, 3.05) is 6.54 Å². The van der Waals surface area contributed by atoms with Gasteiger partial charge in [0, 0.05) is 18.0 Å². The highest BCUT2D eigenvalue weighted by Gasteiger charge is 2.12. The molecule has 7 heteroatoms. The first-order valence-corrected chi connectivity index (χ1v) is 8.88. The molecule has 2 N–H and O–H groups in total. The van der Waals surface area contributed by atoms with Crippen molar-refractivity contribution < 1.29 is 9.59 Å². The van der Waals surface area contributed by atoms with Crippen LogP contribution in [0, 0.1) is 0 Å². The molecule has 0 radical (unpaired) electrons. The number of amides is 2. The zero-order valence-electron chi connectivity index (χ0n) is 14.8. The number of carbonyl (C=O) groups is 2. The van der Waals surface area contributed by atoms with Crippen molar-refractivity contribution in [1.82, 2.24) is 15.7 Å². The number of rotatable bonds is 6. The lowest BCUT2D eigenvalue weighted by molar-refractivity contribution is 0.0951. The van der Waals surface area contributed by atoms with Crippen molar-refractivity contribution in [1.29, 1.82) is 0 Å². The van der Waals surface area contributed by atoms with Gasteiger partial charge in [-0.3, -0.25) is 14.6 Å². The quantitative estimate of drug-likeness (QED) is 0.498.